The Morgan fingerprint density at radius 3 is 2.33 bits per heavy atom. The number of allylic oxidation sites excluding steroid dienone is 1. The van der Waals surface area contributed by atoms with Gasteiger partial charge in [0.1, 0.15) is 12.2 Å². The number of rotatable bonds is 7. The number of hydrogen-bond acceptors (Lipinski definition) is 11. The van der Waals surface area contributed by atoms with Gasteiger partial charge < -0.3 is 39.4 Å². The second kappa shape index (κ2) is 9.56. The van der Waals surface area contributed by atoms with Gasteiger partial charge in [-0.05, 0) is 31.6 Å². The molecule has 2 bridgehead atoms. The number of carboxylic acid groups (broad SMARTS) is 2. The molecular formula is C26H34O13. The Labute approximate surface area is 224 Å². The topological polar surface area (TPSA) is 203 Å². The summed E-state index contributed by atoms with van der Waals surface area (Å²) < 4.78 is 22.2. The number of hydrogen-bond donors (Lipinski definition) is 4. The molecule has 2 saturated heterocycles. The number of esters is 3. The summed E-state index contributed by atoms with van der Waals surface area (Å²) in [5.74, 6) is -10.3. The first-order chi connectivity index (χ1) is 18.1. The predicted octanol–water partition coefficient (Wildman–Crippen LogP) is -0.0924. The van der Waals surface area contributed by atoms with Gasteiger partial charge >= 0.3 is 29.8 Å². The average molecular weight is 555 g/mol. The third kappa shape index (κ3) is 3.88. The quantitative estimate of drug-likeness (QED) is 0.185. The van der Waals surface area contributed by atoms with Gasteiger partial charge in [0.25, 0.3) is 0 Å². The van der Waals surface area contributed by atoms with Crippen LogP contribution in [0.15, 0.2) is 11.6 Å². The molecule has 2 aliphatic carbocycles. The van der Waals surface area contributed by atoms with E-state index in [2.05, 4.69) is 0 Å². The summed E-state index contributed by atoms with van der Waals surface area (Å²) in [7, 11) is 1.03. The molecule has 13 heteroatoms. The first-order valence-electron chi connectivity index (χ1n) is 12.7. The van der Waals surface area contributed by atoms with Gasteiger partial charge in [-0.1, -0.05) is 19.4 Å². The third-order valence-electron chi connectivity index (χ3n) is 9.38. The maximum Gasteiger partial charge on any atom is 0.348 e. The van der Waals surface area contributed by atoms with Crippen LogP contribution in [0.5, 0.6) is 0 Å². The van der Waals surface area contributed by atoms with Gasteiger partial charge in [-0.3, -0.25) is 9.59 Å². The van der Waals surface area contributed by atoms with E-state index < -0.39 is 101 Å². The van der Waals surface area contributed by atoms with Crippen molar-refractivity contribution in [3.05, 3.63) is 11.6 Å². The number of carbonyl (C=O) groups is 5. The molecule has 4 aliphatic rings. The first-order valence-corrected chi connectivity index (χ1v) is 12.7. The molecule has 0 amide bonds. The van der Waals surface area contributed by atoms with Crippen molar-refractivity contribution >= 4 is 29.8 Å². The lowest BCUT2D eigenvalue weighted by molar-refractivity contribution is -0.294. The van der Waals surface area contributed by atoms with Crippen LogP contribution in [0, 0.1) is 34.5 Å². The van der Waals surface area contributed by atoms with Crippen LogP contribution >= 0.6 is 0 Å². The van der Waals surface area contributed by atoms with E-state index in [0.717, 1.165) is 13.2 Å². The lowest BCUT2D eigenvalue weighted by Crippen LogP contribution is -2.79. The molecule has 2 heterocycles. The fraction of sp³-hybridized carbons (Fsp3) is 0.731. The third-order valence-corrected chi connectivity index (χ3v) is 9.38. The highest BCUT2D eigenvalue weighted by Gasteiger charge is 2.85. The van der Waals surface area contributed by atoms with E-state index in [0.29, 0.717) is 5.57 Å². The van der Waals surface area contributed by atoms with Gasteiger partial charge in [0, 0.05) is 17.4 Å². The van der Waals surface area contributed by atoms with E-state index in [1.807, 2.05) is 0 Å². The standard InChI is InChI=1S/C26H34O13/c1-10(2)6-15(29)39-17-19-25-9-37-26(19,23(35)36-5)20(31)16(30)18(25)24(4,8-14(27)28)12(11(3)21(32)33)7-13(25)38-22(17)34/h6,11-13,16-20,30-31H,7-9H2,1-5H3,(H,27,28)(H,32,33)/t11-,12-,13+,16+,17+,18+,19+,20-,24-,25+,26+/m0/s1. The second-order valence-corrected chi connectivity index (χ2v) is 11.6. The van der Waals surface area contributed by atoms with E-state index >= 15 is 0 Å². The lowest BCUT2D eigenvalue weighted by Gasteiger charge is -2.66. The largest absolute Gasteiger partial charge is 0.481 e. The van der Waals surface area contributed by atoms with Crippen LogP contribution in [0.1, 0.15) is 40.5 Å². The molecule has 216 valence electrons. The van der Waals surface area contributed by atoms with Crippen molar-refractivity contribution < 1.29 is 63.3 Å². The van der Waals surface area contributed by atoms with Crippen molar-refractivity contribution in [1.82, 2.24) is 0 Å². The van der Waals surface area contributed by atoms with Gasteiger partial charge in [0.2, 0.25) is 11.7 Å². The van der Waals surface area contributed by atoms with Crippen molar-refractivity contribution in [2.24, 2.45) is 34.5 Å². The van der Waals surface area contributed by atoms with Crippen molar-refractivity contribution in [1.29, 1.82) is 0 Å². The molecule has 11 atom stereocenters. The summed E-state index contributed by atoms with van der Waals surface area (Å²) in [6.45, 7) is 5.77. The first kappa shape index (κ1) is 29.0. The summed E-state index contributed by atoms with van der Waals surface area (Å²) in [4.78, 5) is 63.6. The van der Waals surface area contributed by atoms with Crippen molar-refractivity contribution in [2.75, 3.05) is 13.7 Å². The molecule has 39 heavy (non-hydrogen) atoms. The Morgan fingerprint density at radius 2 is 1.79 bits per heavy atom. The maximum absolute atomic E-state index is 13.4. The molecule has 0 aromatic rings. The van der Waals surface area contributed by atoms with Gasteiger partial charge in [0.05, 0.1) is 38.1 Å². The monoisotopic (exact) mass is 554 g/mol. The van der Waals surface area contributed by atoms with Crippen LogP contribution in [-0.4, -0.2) is 94.0 Å². The molecule has 0 aromatic carbocycles. The van der Waals surface area contributed by atoms with Crippen LogP contribution in [0.4, 0.5) is 0 Å². The Hall–Kier alpha value is -3.03. The van der Waals surface area contributed by atoms with Gasteiger partial charge in [0.15, 0.2) is 0 Å². The smallest absolute Gasteiger partial charge is 0.348 e. The van der Waals surface area contributed by atoms with Crippen molar-refractivity contribution in [3.63, 3.8) is 0 Å². The molecule has 2 aliphatic heterocycles. The minimum absolute atomic E-state index is 0.131. The normalized spacial score (nSPS) is 42.8. The highest BCUT2D eigenvalue weighted by Crippen LogP contribution is 2.72. The molecule has 0 unspecified atom stereocenters. The lowest BCUT2D eigenvalue weighted by atomic mass is 9.38. The summed E-state index contributed by atoms with van der Waals surface area (Å²) in [5.41, 5.74) is -4.83. The van der Waals surface area contributed by atoms with Crippen LogP contribution in [0.2, 0.25) is 0 Å². The molecule has 4 N–H and O–H groups in total. The van der Waals surface area contributed by atoms with Crippen LogP contribution < -0.4 is 0 Å². The van der Waals surface area contributed by atoms with Gasteiger partial charge in [-0.15, -0.1) is 0 Å². The maximum atomic E-state index is 13.4. The fourth-order valence-electron chi connectivity index (χ4n) is 8.08. The summed E-state index contributed by atoms with van der Waals surface area (Å²) in [5, 5.41) is 42.9. The molecule has 0 aromatic heterocycles. The molecule has 0 radical (unpaired) electrons. The van der Waals surface area contributed by atoms with Gasteiger partial charge in [-0.25, -0.2) is 14.4 Å². The molecular weight excluding hydrogens is 520 g/mol. The van der Waals surface area contributed by atoms with E-state index in [4.69, 9.17) is 18.9 Å². The molecule has 4 fully saturated rings. The van der Waals surface area contributed by atoms with Crippen LogP contribution in [-0.2, 0) is 42.9 Å². The minimum Gasteiger partial charge on any atom is -0.481 e. The molecule has 2 saturated carbocycles. The number of methoxy groups -OCH3 is 1. The summed E-state index contributed by atoms with van der Waals surface area (Å²) in [6, 6.07) is 0. The number of ether oxygens (including phenoxy) is 4. The zero-order valence-electron chi connectivity index (χ0n) is 22.3. The summed E-state index contributed by atoms with van der Waals surface area (Å²) >= 11 is 0. The molecule has 13 nitrogen and oxygen atoms in total. The Bertz CT molecular complexity index is 1130. The number of carboxylic acids is 2. The Balaban J connectivity index is 1.99. The van der Waals surface area contributed by atoms with E-state index in [1.165, 1.54) is 13.8 Å². The number of aliphatic hydroxyl groups excluding tert-OH is 2. The molecule has 1 spiro atoms. The number of aliphatic hydroxyl groups is 2. The SMILES string of the molecule is COC(=O)[C@]12OC[C@]34[C@H]([C@@H](O)[C@@H]1O)[C@@](C)(CC(=O)O)[C@H]([C@H](C)C(=O)O)C[C@H]3OC(=O)[C@H](OC(=O)C=C(C)C)[C@@H]24. The average Bonchev–Trinajstić information content (AvgIpc) is 3.13. The number of carbonyl (C=O) groups excluding carboxylic acids is 3. The number of aliphatic carboxylic acids is 2. The molecule has 4 rings (SSSR count). The van der Waals surface area contributed by atoms with Gasteiger partial charge in [-0.2, -0.15) is 0 Å². The van der Waals surface area contributed by atoms with Crippen molar-refractivity contribution in [3.8, 4) is 0 Å². The Kier molecular flexibility index (Phi) is 7.10. The zero-order valence-corrected chi connectivity index (χ0v) is 22.3. The minimum atomic E-state index is -2.35. The van der Waals surface area contributed by atoms with Crippen molar-refractivity contribution in [2.45, 2.75) is 70.6 Å². The predicted molar refractivity (Wildman–Crippen MR) is 127 cm³/mol. The highest BCUT2D eigenvalue weighted by atomic mass is 16.6. The fourth-order valence-corrected chi connectivity index (χ4v) is 8.08. The van der Waals surface area contributed by atoms with Crippen LogP contribution in [0.25, 0.3) is 0 Å². The van der Waals surface area contributed by atoms with Crippen LogP contribution in [0.3, 0.4) is 0 Å². The van der Waals surface area contributed by atoms with E-state index in [1.54, 1.807) is 13.8 Å². The summed E-state index contributed by atoms with van der Waals surface area (Å²) in [6.07, 6.45) is -6.40. The Morgan fingerprint density at radius 1 is 1.15 bits per heavy atom. The zero-order chi connectivity index (χ0) is 29.2. The van der Waals surface area contributed by atoms with E-state index in [9.17, 15) is 44.4 Å². The highest BCUT2D eigenvalue weighted by molar-refractivity contribution is 5.89. The van der Waals surface area contributed by atoms with E-state index in [-0.39, 0.29) is 13.0 Å². The second-order valence-electron chi connectivity index (χ2n) is 11.6.